The molecule has 7 rings (SSSR count). The molecule has 3 atom stereocenters. The Hall–Kier alpha value is -5.80. The van der Waals surface area contributed by atoms with Crippen LogP contribution >= 0.6 is 0 Å². The van der Waals surface area contributed by atoms with E-state index in [0.29, 0.717) is 79.5 Å². The number of hydrogen-bond donors (Lipinski definition) is 1. The smallest absolute Gasteiger partial charge is 0.162 e. The van der Waals surface area contributed by atoms with Gasteiger partial charge in [-0.15, -0.1) is 0 Å². The Kier molecular flexibility index (Phi) is 13.0. The van der Waals surface area contributed by atoms with E-state index in [4.69, 9.17) is 33.2 Å². The molecular weight excluding hydrogens is 695 g/mol. The molecule has 8 nitrogen and oxygen atoms in total. The summed E-state index contributed by atoms with van der Waals surface area (Å²) in [5, 5.41) is 12.2. The van der Waals surface area contributed by atoms with Crippen LogP contribution in [-0.2, 0) is 35.9 Å². The largest absolute Gasteiger partial charge is 0.489 e. The van der Waals surface area contributed by atoms with Gasteiger partial charge in [0.25, 0.3) is 0 Å². The molecule has 0 radical (unpaired) electrons. The van der Waals surface area contributed by atoms with E-state index in [-0.39, 0.29) is 6.61 Å². The Morgan fingerprint density at radius 2 is 1.05 bits per heavy atom. The molecule has 0 unspecified atom stereocenters. The molecule has 0 aromatic heterocycles. The van der Waals surface area contributed by atoms with Crippen molar-refractivity contribution in [2.75, 3.05) is 19.8 Å². The zero-order valence-electron chi connectivity index (χ0n) is 30.9. The lowest BCUT2D eigenvalue weighted by molar-refractivity contribution is -0.111. The number of aliphatic hydroxyl groups excluding tert-OH is 1. The molecule has 6 aromatic carbocycles. The van der Waals surface area contributed by atoms with Crippen LogP contribution in [0.1, 0.15) is 52.5 Å². The van der Waals surface area contributed by atoms with E-state index in [1.54, 1.807) is 0 Å². The summed E-state index contributed by atoms with van der Waals surface area (Å²) in [6, 6.07) is 49.1. The van der Waals surface area contributed by atoms with Crippen LogP contribution < -0.4 is 23.7 Å². The summed E-state index contributed by atoms with van der Waals surface area (Å²) in [5.74, 6) is 2.65. The number of aliphatic hydroxyl groups is 1. The van der Waals surface area contributed by atoms with Gasteiger partial charge in [-0.2, -0.15) is 0 Å². The summed E-state index contributed by atoms with van der Waals surface area (Å²) in [7, 11) is 0. The summed E-state index contributed by atoms with van der Waals surface area (Å²) in [5.41, 5.74) is 5.36. The fraction of sp³-hybridized carbons (Fsp3) is 0.234. The van der Waals surface area contributed by atoms with Crippen molar-refractivity contribution in [3.8, 4) is 28.7 Å². The lowest BCUT2D eigenvalue weighted by Crippen LogP contribution is -2.36. The molecule has 1 heterocycles. The van der Waals surface area contributed by atoms with E-state index in [9.17, 15) is 5.11 Å². The SMILES string of the molecule is CCOCCO[C@H]1c2c(OCc3ccccc3)cc(OCc3ccccc3)cc2O[14C@H](c2ccc(OCc3ccccc3)c(OCc3ccccc3)c2)[C@@H]1O. The maximum Gasteiger partial charge on any atom is 0.162 e. The molecule has 1 aliphatic rings. The Morgan fingerprint density at radius 3 is 1.60 bits per heavy atom. The average molecular weight is 741 g/mol. The van der Waals surface area contributed by atoms with Gasteiger partial charge in [0.05, 0.1) is 18.8 Å². The highest BCUT2D eigenvalue weighted by atomic mass is 16.7. The lowest BCUT2D eigenvalue weighted by atomic mass is 10.0. The van der Waals surface area contributed by atoms with E-state index < -0.39 is 18.3 Å². The van der Waals surface area contributed by atoms with Gasteiger partial charge in [-0.25, -0.2) is 0 Å². The van der Waals surface area contributed by atoms with Crippen molar-refractivity contribution in [3.63, 3.8) is 0 Å². The first-order chi connectivity index (χ1) is 27.1. The van der Waals surface area contributed by atoms with Crippen LogP contribution in [0.15, 0.2) is 152 Å². The van der Waals surface area contributed by atoms with Gasteiger partial charge in [-0.3, -0.25) is 0 Å². The minimum atomic E-state index is -1.12. The van der Waals surface area contributed by atoms with Crippen molar-refractivity contribution in [2.24, 2.45) is 0 Å². The molecule has 0 bridgehead atoms. The molecule has 0 spiro atoms. The summed E-state index contributed by atoms with van der Waals surface area (Å²) in [6.45, 7) is 4.45. The van der Waals surface area contributed by atoms with Crippen molar-refractivity contribution in [2.45, 2.75) is 51.7 Å². The van der Waals surface area contributed by atoms with E-state index in [1.165, 1.54) is 0 Å². The van der Waals surface area contributed by atoms with Gasteiger partial charge in [0, 0.05) is 18.7 Å². The first kappa shape index (κ1) is 37.5. The summed E-state index contributed by atoms with van der Waals surface area (Å²) in [6.07, 6.45) is -2.77. The van der Waals surface area contributed by atoms with Crippen LogP contribution in [0.2, 0.25) is 0 Å². The molecule has 0 saturated heterocycles. The fourth-order valence-corrected chi connectivity index (χ4v) is 6.40. The molecule has 0 aliphatic carbocycles. The van der Waals surface area contributed by atoms with E-state index in [1.807, 2.05) is 159 Å². The van der Waals surface area contributed by atoms with Gasteiger partial charge in [-0.05, 0) is 46.9 Å². The van der Waals surface area contributed by atoms with Gasteiger partial charge >= 0.3 is 0 Å². The normalized spacial score (nSPS) is 16.1. The third-order valence-electron chi connectivity index (χ3n) is 9.22. The number of benzene rings is 6. The van der Waals surface area contributed by atoms with Crippen LogP contribution in [0, 0.1) is 0 Å². The summed E-state index contributed by atoms with van der Waals surface area (Å²) >= 11 is 0. The maximum atomic E-state index is 12.2. The molecule has 0 fully saturated rings. The third kappa shape index (κ3) is 10.0. The van der Waals surface area contributed by atoms with Crippen molar-refractivity contribution in [1.29, 1.82) is 0 Å². The minimum Gasteiger partial charge on any atom is -0.489 e. The van der Waals surface area contributed by atoms with Crippen LogP contribution in [0.25, 0.3) is 0 Å². The van der Waals surface area contributed by atoms with E-state index in [2.05, 4.69) is 0 Å². The minimum absolute atomic E-state index is 0.254. The summed E-state index contributed by atoms with van der Waals surface area (Å²) < 4.78 is 44.3. The number of fused-ring (bicyclic) bond motifs is 1. The average Bonchev–Trinajstić information content (AvgIpc) is 3.24. The van der Waals surface area contributed by atoms with Crippen molar-refractivity contribution in [1.82, 2.24) is 0 Å². The van der Waals surface area contributed by atoms with Crippen molar-refractivity contribution < 1.29 is 38.3 Å². The second kappa shape index (κ2) is 19.0. The number of rotatable bonds is 18. The lowest BCUT2D eigenvalue weighted by Gasteiger charge is -2.38. The molecule has 1 aliphatic heterocycles. The van der Waals surface area contributed by atoms with E-state index >= 15 is 0 Å². The highest BCUT2D eigenvalue weighted by Gasteiger charge is 2.42. The zero-order chi connectivity index (χ0) is 37.7. The molecule has 55 heavy (non-hydrogen) atoms. The Labute approximate surface area is 322 Å². The van der Waals surface area contributed by atoms with Gasteiger partial charge in [0.2, 0.25) is 0 Å². The number of hydrogen-bond acceptors (Lipinski definition) is 8. The molecule has 1 N–H and O–H groups in total. The first-order valence-electron chi connectivity index (χ1n) is 18.7. The monoisotopic (exact) mass is 740 g/mol. The van der Waals surface area contributed by atoms with Gasteiger partial charge in [-0.1, -0.05) is 127 Å². The van der Waals surface area contributed by atoms with Gasteiger partial charge in [0.1, 0.15) is 55.9 Å². The Balaban J connectivity index is 1.23. The van der Waals surface area contributed by atoms with Crippen LogP contribution in [-0.4, -0.2) is 31.0 Å². The van der Waals surface area contributed by atoms with Gasteiger partial charge in [0.15, 0.2) is 17.6 Å². The zero-order valence-corrected chi connectivity index (χ0v) is 30.9. The standard InChI is InChI=1S/C47H46O8/c1-2-49-25-26-50-47-44-42(54-33-37-21-13-6-14-22-37)28-39(51-30-34-15-7-3-8-16-34)29-43(44)55-46(45(47)48)38-23-24-40(52-31-35-17-9-4-10-18-35)41(27-38)53-32-36-19-11-5-12-20-36/h3-24,27-29,45-48H,2,25-26,30-33H2,1H3/t45-,46+,47-/m0/s1/i46+2. The van der Waals surface area contributed by atoms with Crippen molar-refractivity contribution in [3.05, 3.63) is 185 Å². The molecule has 0 saturated carbocycles. The quantitative estimate of drug-likeness (QED) is 0.0873. The molecule has 8 heteroatoms. The maximum absolute atomic E-state index is 12.2. The predicted octanol–water partition coefficient (Wildman–Crippen LogP) is 9.59. The predicted molar refractivity (Wildman–Crippen MR) is 211 cm³/mol. The van der Waals surface area contributed by atoms with Crippen LogP contribution in [0.4, 0.5) is 0 Å². The molecular formula is C47H46O8. The summed E-state index contributed by atoms with van der Waals surface area (Å²) in [4.78, 5) is 0. The fourth-order valence-electron chi connectivity index (χ4n) is 6.40. The second-order valence-corrected chi connectivity index (χ2v) is 13.2. The third-order valence-corrected chi connectivity index (χ3v) is 9.22. The number of ether oxygens (including phenoxy) is 7. The first-order valence-corrected chi connectivity index (χ1v) is 18.7. The highest BCUT2D eigenvalue weighted by Crippen LogP contribution is 2.50. The topological polar surface area (TPSA) is 84.8 Å². The highest BCUT2D eigenvalue weighted by molar-refractivity contribution is 5.55. The molecule has 0 amide bonds. The van der Waals surface area contributed by atoms with Gasteiger partial charge < -0.3 is 38.3 Å². The Morgan fingerprint density at radius 1 is 0.545 bits per heavy atom. The molecule has 282 valence electrons. The van der Waals surface area contributed by atoms with Crippen molar-refractivity contribution >= 4 is 0 Å². The van der Waals surface area contributed by atoms with Crippen LogP contribution in [0.3, 0.4) is 0 Å². The Bertz CT molecular complexity index is 2060. The van der Waals surface area contributed by atoms with E-state index in [0.717, 1.165) is 22.3 Å². The van der Waals surface area contributed by atoms with Crippen LogP contribution in [0.5, 0.6) is 28.7 Å². The molecule has 6 aromatic rings. The second-order valence-electron chi connectivity index (χ2n) is 13.2.